The Hall–Kier alpha value is -1.94. The summed E-state index contributed by atoms with van der Waals surface area (Å²) in [6.07, 6.45) is 0. The van der Waals surface area contributed by atoms with Gasteiger partial charge in [-0.15, -0.1) is 0 Å². The highest BCUT2D eigenvalue weighted by molar-refractivity contribution is 7.85. The fourth-order valence-corrected chi connectivity index (χ4v) is 3.14. The molecule has 0 saturated heterocycles. The van der Waals surface area contributed by atoms with E-state index in [1.54, 1.807) is 18.2 Å². The Morgan fingerprint density at radius 3 is 2.48 bits per heavy atom. The summed E-state index contributed by atoms with van der Waals surface area (Å²) < 4.78 is 17.9. The van der Waals surface area contributed by atoms with Crippen molar-refractivity contribution in [1.29, 1.82) is 0 Å². The molecule has 21 heavy (non-hydrogen) atoms. The van der Waals surface area contributed by atoms with E-state index in [2.05, 4.69) is 0 Å². The third-order valence-electron chi connectivity index (χ3n) is 3.13. The summed E-state index contributed by atoms with van der Waals surface area (Å²) in [7, 11) is -1.10. The quantitative estimate of drug-likeness (QED) is 0.768. The van der Waals surface area contributed by atoms with Gasteiger partial charge in [-0.2, -0.15) is 0 Å². The van der Waals surface area contributed by atoms with Crippen LogP contribution in [0, 0.1) is 6.92 Å². The van der Waals surface area contributed by atoms with E-state index in [-0.39, 0.29) is 5.78 Å². The van der Waals surface area contributed by atoms with Crippen LogP contribution in [0.15, 0.2) is 53.4 Å². The molecule has 0 N–H and O–H groups in total. The van der Waals surface area contributed by atoms with Crippen LogP contribution in [0.1, 0.15) is 22.8 Å². The van der Waals surface area contributed by atoms with E-state index in [0.29, 0.717) is 23.7 Å². The third kappa shape index (κ3) is 4.02. The molecule has 0 amide bonds. The van der Waals surface area contributed by atoms with Crippen molar-refractivity contribution in [3.63, 3.8) is 0 Å². The Kier molecular flexibility index (Phi) is 5.28. The molecular formula is C17H18O3S. The van der Waals surface area contributed by atoms with Crippen LogP contribution in [-0.4, -0.2) is 22.4 Å². The summed E-state index contributed by atoms with van der Waals surface area (Å²) in [5.74, 6) is 0.911. The Labute approximate surface area is 127 Å². The zero-order valence-electron chi connectivity index (χ0n) is 12.2. The van der Waals surface area contributed by atoms with Crippen LogP contribution in [0.2, 0.25) is 0 Å². The molecule has 3 nitrogen and oxygen atoms in total. The van der Waals surface area contributed by atoms with E-state index in [4.69, 9.17) is 4.74 Å². The summed E-state index contributed by atoms with van der Waals surface area (Å²) in [5, 5.41) is 0. The standard InChI is InChI=1S/C17H18O3S/c1-13-7-3-6-10-17(13)21(19)12-11-20-16-9-5-4-8-15(16)14(2)18/h3-10H,11-12H2,1-2H3. The molecule has 2 aromatic rings. The average molecular weight is 302 g/mol. The third-order valence-corrected chi connectivity index (χ3v) is 4.62. The van der Waals surface area contributed by atoms with Crippen molar-refractivity contribution < 1.29 is 13.7 Å². The van der Waals surface area contributed by atoms with E-state index < -0.39 is 10.8 Å². The molecule has 0 aliphatic carbocycles. The molecule has 1 atom stereocenters. The number of para-hydroxylation sites is 1. The van der Waals surface area contributed by atoms with Gasteiger partial charge in [0.1, 0.15) is 12.4 Å². The molecule has 1 unspecified atom stereocenters. The fourth-order valence-electron chi connectivity index (χ4n) is 2.03. The Balaban J connectivity index is 1.98. The summed E-state index contributed by atoms with van der Waals surface area (Å²) in [6.45, 7) is 3.76. The molecule has 2 rings (SSSR count). The van der Waals surface area contributed by atoms with Crippen molar-refractivity contribution in [2.75, 3.05) is 12.4 Å². The molecule has 0 saturated carbocycles. The molecule has 0 spiro atoms. The lowest BCUT2D eigenvalue weighted by Crippen LogP contribution is -2.11. The highest BCUT2D eigenvalue weighted by Crippen LogP contribution is 2.19. The van der Waals surface area contributed by atoms with E-state index in [1.165, 1.54) is 6.92 Å². The predicted molar refractivity (Wildman–Crippen MR) is 84.4 cm³/mol. The summed E-state index contributed by atoms with van der Waals surface area (Å²) in [5.41, 5.74) is 1.57. The number of aryl methyl sites for hydroxylation is 1. The van der Waals surface area contributed by atoms with Crippen molar-refractivity contribution in [2.24, 2.45) is 0 Å². The second-order valence-corrected chi connectivity index (χ2v) is 6.26. The molecule has 0 aliphatic rings. The van der Waals surface area contributed by atoms with E-state index in [0.717, 1.165) is 10.5 Å². The molecule has 0 aliphatic heterocycles. The maximum absolute atomic E-state index is 12.2. The van der Waals surface area contributed by atoms with Crippen LogP contribution >= 0.6 is 0 Å². The number of ketones is 1. The molecule has 4 heteroatoms. The van der Waals surface area contributed by atoms with E-state index >= 15 is 0 Å². The van der Waals surface area contributed by atoms with Crippen molar-refractivity contribution in [3.05, 3.63) is 59.7 Å². The van der Waals surface area contributed by atoms with E-state index in [1.807, 2.05) is 37.3 Å². The first kappa shape index (κ1) is 15.4. The lowest BCUT2D eigenvalue weighted by atomic mass is 10.1. The predicted octanol–water partition coefficient (Wildman–Crippen LogP) is 3.38. The minimum atomic E-state index is -1.10. The van der Waals surface area contributed by atoms with Crippen molar-refractivity contribution in [1.82, 2.24) is 0 Å². The first-order valence-corrected chi connectivity index (χ1v) is 8.08. The first-order chi connectivity index (χ1) is 10.1. The molecule has 0 bridgehead atoms. The second kappa shape index (κ2) is 7.18. The minimum Gasteiger partial charge on any atom is -0.492 e. The van der Waals surface area contributed by atoms with Crippen molar-refractivity contribution >= 4 is 16.6 Å². The van der Waals surface area contributed by atoms with Gasteiger partial charge in [0.05, 0.1) is 22.1 Å². The number of carbonyl (C=O) groups is 1. The van der Waals surface area contributed by atoms with Crippen LogP contribution in [0.3, 0.4) is 0 Å². The highest BCUT2D eigenvalue weighted by atomic mass is 32.2. The average Bonchev–Trinajstić information content (AvgIpc) is 2.48. The minimum absolute atomic E-state index is 0.0365. The maximum Gasteiger partial charge on any atom is 0.163 e. The number of hydrogen-bond acceptors (Lipinski definition) is 3. The van der Waals surface area contributed by atoms with Gasteiger partial charge in [-0.25, -0.2) is 0 Å². The molecular weight excluding hydrogens is 284 g/mol. The fraction of sp³-hybridized carbons (Fsp3) is 0.235. The van der Waals surface area contributed by atoms with Crippen LogP contribution < -0.4 is 4.74 Å². The lowest BCUT2D eigenvalue weighted by molar-refractivity contribution is 0.101. The van der Waals surface area contributed by atoms with Gasteiger partial charge in [0.2, 0.25) is 0 Å². The summed E-state index contributed by atoms with van der Waals surface area (Å²) in [6, 6.07) is 14.7. The Morgan fingerprint density at radius 2 is 1.76 bits per heavy atom. The first-order valence-electron chi connectivity index (χ1n) is 6.76. The number of hydrogen-bond donors (Lipinski definition) is 0. The number of carbonyl (C=O) groups excluding carboxylic acids is 1. The maximum atomic E-state index is 12.2. The Morgan fingerprint density at radius 1 is 1.10 bits per heavy atom. The summed E-state index contributed by atoms with van der Waals surface area (Å²) >= 11 is 0. The van der Waals surface area contributed by atoms with Gasteiger partial charge in [-0.3, -0.25) is 9.00 Å². The molecule has 2 aromatic carbocycles. The largest absolute Gasteiger partial charge is 0.492 e. The number of benzene rings is 2. The monoisotopic (exact) mass is 302 g/mol. The number of rotatable bonds is 6. The topological polar surface area (TPSA) is 43.4 Å². The normalized spacial score (nSPS) is 11.9. The SMILES string of the molecule is CC(=O)c1ccccc1OCCS(=O)c1ccccc1C. The van der Waals surface area contributed by atoms with E-state index in [9.17, 15) is 9.00 Å². The van der Waals surface area contributed by atoms with Crippen molar-refractivity contribution in [2.45, 2.75) is 18.7 Å². The van der Waals surface area contributed by atoms with Crippen LogP contribution in [0.5, 0.6) is 5.75 Å². The molecule has 0 heterocycles. The van der Waals surface area contributed by atoms with Crippen LogP contribution in [0.25, 0.3) is 0 Å². The lowest BCUT2D eigenvalue weighted by Gasteiger charge is -2.10. The van der Waals surface area contributed by atoms with Crippen LogP contribution in [-0.2, 0) is 10.8 Å². The Bertz CT molecular complexity index is 665. The summed E-state index contributed by atoms with van der Waals surface area (Å²) in [4.78, 5) is 12.3. The second-order valence-electron chi connectivity index (χ2n) is 4.72. The number of Topliss-reactive ketones (excluding diaryl/α,β-unsaturated/α-hetero) is 1. The molecule has 0 radical (unpaired) electrons. The highest BCUT2D eigenvalue weighted by Gasteiger charge is 2.10. The zero-order valence-corrected chi connectivity index (χ0v) is 13.0. The van der Waals surface area contributed by atoms with Gasteiger partial charge < -0.3 is 4.74 Å². The van der Waals surface area contributed by atoms with Crippen LogP contribution in [0.4, 0.5) is 0 Å². The van der Waals surface area contributed by atoms with Gasteiger partial charge >= 0.3 is 0 Å². The molecule has 110 valence electrons. The van der Waals surface area contributed by atoms with Gasteiger partial charge in [-0.1, -0.05) is 30.3 Å². The smallest absolute Gasteiger partial charge is 0.163 e. The molecule has 0 aromatic heterocycles. The van der Waals surface area contributed by atoms with Crippen molar-refractivity contribution in [3.8, 4) is 5.75 Å². The van der Waals surface area contributed by atoms with Gasteiger partial charge in [0.15, 0.2) is 5.78 Å². The van der Waals surface area contributed by atoms with Gasteiger partial charge in [0, 0.05) is 4.90 Å². The molecule has 0 fully saturated rings. The van der Waals surface area contributed by atoms with Gasteiger partial charge in [0.25, 0.3) is 0 Å². The zero-order chi connectivity index (χ0) is 15.2. The number of ether oxygens (including phenoxy) is 1. The van der Waals surface area contributed by atoms with Gasteiger partial charge in [-0.05, 0) is 37.6 Å².